The first-order chi connectivity index (χ1) is 10.2. The van der Waals surface area contributed by atoms with Crippen molar-refractivity contribution in [3.8, 4) is 0 Å². The Morgan fingerprint density at radius 1 is 1.17 bits per heavy atom. The zero-order valence-electron chi connectivity index (χ0n) is 13.7. The Kier molecular flexibility index (Phi) is 9.20. The summed E-state index contributed by atoms with van der Waals surface area (Å²) in [7, 11) is 0. The van der Waals surface area contributed by atoms with Crippen LogP contribution in [0.2, 0.25) is 5.02 Å². The number of benzene rings is 1. The van der Waals surface area contributed by atoms with Gasteiger partial charge in [0.15, 0.2) is 0 Å². The Hall–Kier alpha value is -1.30. The molecular weight excluding hydrogens is 337 g/mol. The molecule has 0 aliphatic carbocycles. The van der Waals surface area contributed by atoms with E-state index >= 15 is 0 Å². The van der Waals surface area contributed by atoms with Gasteiger partial charge in [-0.3, -0.25) is 9.59 Å². The lowest BCUT2D eigenvalue weighted by molar-refractivity contribution is -0.125. The Balaban J connectivity index is 0.00000484. The summed E-state index contributed by atoms with van der Waals surface area (Å²) in [5.41, 5.74) is 6.22. The van der Waals surface area contributed by atoms with Gasteiger partial charge in [-0.2, -0.15) is 0 Å². The van der Waals surface area contributed by atoms with Gasteiger partial charge in [0.2, 0.25) is 11.8 Å². The summed E-state index contributed by atoms with van der Waals surface area (Å²) >= 11 is 5.91. The van der Waals surface area contributed by atoms with Gasteiger partial charge < -0.3 is 16.4 Å². The van der Waals surface area contributed by atoms with Crippen LogP contribution < -0.4 is 16.4 Å². The van der Waals surface area contributed by atoms with Crippen LogP contribution in [-0.2, 0) is 9.59 Å². The highest BCUT2D eigenvalue weighted by Gasteiger charge is 2.22. The maximum absolute atomic E-state index is 12.0. The van der Waals surface area contributed by atoms with Gasteiger partial charge in [-0.25, -0.2) is 0 Å². The van der Waals surface area contributed by atoms with Crippen LogP contribution >= 0.6 is 24.0 Å². The van der Waals surface area contributed by atoms with Crippen molar-refractivity contribution < 1.29 is 9.59 Å². The summed E-state index contributed by atoms with van der Waals surface area (Å²) in [4.78, 5) is 23.1. The zero-order chi connectivity index (χ0) is 16.8. The molecule has 1 atom stereocenters. The summed E-state index contributed by atoms with van der Waals surface area (Å²) in [6, 6.07) is 7.26. The number of hydrogen-bond acceptors (Lipinski definition) is 3. The molecule has 0 aliphatic rings. The normalized spacial score (nSPS) is 12.0. The molecule has 1 unspecified atom stereocenters. The summed E-state index contributed by atoms with van der Waals surface area (Å²) in [5.74, 6) is -0.597. The Bertz CT molecular complexity index is 513. The lowest BCUT2D eigenvalue weighted by atomic mass is 9.85. The number of amides is 2. The molecule has 0 spiro atoms. The summed E-state index contributed by atoms with van der Waals surface area (Å²) in [6.07, 6.45) is 0.769. The van der Waals surface area contributed by atoms with Gasteiger partial charge in [-0.1, -0.05) is 44.5 Å². The van der Waals surface area contributed by atoms with Gasteiger partial charge in [-0.15, -0.1) is 12.4 Å². The quantitative estimate of drug-likeness (QED) is 0.727. The molecule has 0 bridgehead atoms. The van der Waals surface area contributed by atoms with E-state index in [1.807, 2.05) is 12.1 Å². The molecule has 7 heteroatoms. The second kappa shape index (κ2) is 9.75. The predicted molar refractivity (Wildman–Crippen MR) is 95.7 cm³/mol. The van der Waals surface area contributed by atoms with Gasteiger partial charge in [0.1, 0.15) is 0 Å². The smallest absolute Gasteiger partial charge is 0.239 e. The van der Waals surface area contributed by atoms with Crippen molar-refractivity contribution in [1.82, 2.24) is 10.6 Å². The van der Waals surface area contributed by atoms with Crippen LogP contribution in [0.4, 0.5) is 0 Å². The molecule has 1 rings (SSSR count). The minimum Gasteiger partial charge on any atom is -0.348 e. The van der Waals surface area contributed by atoms with Crippen LogP contribution in [-0.4, -0.2) is 24.9 Å². The molecule has 2 amide bonds. The van der Waals surface area contributed by atoms with Crippen LogP contribution in [0.15, 0.2) is 24.3 Å². The summed E-state index contributed by atoms with van der Waals surface area (Å²) in [6.45, 7) is 6.12. The fourth-order valence-corrected chi connectivity index (χ4v) is 2.18. The van der Waals surface area contributed by atoms with Crippen molar-refractivity contribution in [2.45, 2.75) is 33.2 Å². The maximum Gasteiger partial charge on any atom is 0.239 e. The minimum absolute atomic E-state index is 0. The predicted octanol–water partition coefficient (Wildman–Crippen LogP) is 2.43. The SMILES string of the molecule is CC(C)(C)CC(NC(=O)CNC(=O)CN)c1ccc(Cl)cc1.Cl. The third-order valence-corrected chi connectivity index (χ3v) is 3.31. The molecule has 1 aromatic rings. The molecule has 5 nitrogen and oxygen atoms in total. The fraction of sp³-hybridized carbons (Fsp3) is 0.500. The van der Waals surface area contributed by atoms with Gasteiger partial charge in [0.25, 0.3) is 0 Å². The summed E-state index contributed by atoms with van der Waals surface area (Å²) in [5, 5.41) is 6.07. The van der Waals surface area contributed by atoms with Crippen LogP contribution in [0.3, 0.4) is 0 Å². The van der Waals surface area contributed by atoms with Crippen LogP contribution in [0.1, 0.15) is 38.8 Å². The molecule has 1 aromatic carbocycles. The largest absolute Gasteiger partial charge is 0.348 e. The van der Waals surface area contributed by atoms with Crippen molar-refractivity contribution in [2.75, 3.05) is 13.1 Å². The van der Waals surface area contributed by atoms with E-state index in [0.29, 0.717) is 5.02 Å². The van der Waals surface area contributed by atoms with Crippen molar-refractivity contribution in [2.24, 2.45) is 11.1 Å². The zero-order valence-corrected chi connectivity index (χ0v) is 15.3. The number of rotatable bonds is 6. The van der Waals surface area contributed by atoms with Crippen molar-refractivity contribution in [1.29, 1.82) is 0 Å². The lowest BCUT2D eigenvalue weighted by Gasteiger charge is -2.27. The van der Waals surface area contributed by atoms with Crippen LogP contribution in [0.25, 0.3) is 0 Å². The number of halogens is 2. The molecule has 0 saturated heterocycles. The highest BCUT2D eigenvalue weighted by atomic mass is 35.5. The maximum atomic E-state index is 12.0. The summed E-state index contributed by atoms with van der Waals surface area (Å²) < 4.78 is 0. The molecule has 0 heterocycles. The first-order valence-corrected chi connectivity index (χ1v) is 7.60. The highest BCUT2D eigenvalue weighted by Crippen LogP contribution is 2.29. The number of carbonyl (C=O) groups excluding carboxylic acids is 2. The van der Waals surface area contributed by atoms with E-state index in [-0.39, 0.29) is 48.8 Å². The van der Waals surface area contributed by atoms with Crippen molar-refractivity contribution >= 4 is 35.8 Å². The number of carbonyl (C=O) groups is 2. The number of nitrogens with one attached hydrogen (secondary N) is 2. The third-order valence-electron chi connectivity index (χ3n) is 3.06. The van der Waals surface area contributed by atoms with Crippen molar-refractivity contribution in [3.05, 3.63) is 34.9 Å². The molecule has 130 valence electrons. The molecule has 0 saturated carbocycles. The molecule has 0 aliphatic heterocycles. The van der Waals surface area contributed by atoms with Crippen LogP contribution in [0.5, 0.6) is 0 Å². The van der Waals surface area contributed by atoms with E-state index in [0.717, 1.165) is 12.0 Å². The van der Waals surface area contributed by atoms with E-state index in [9.17, 15) is 9.59 Å². The lowest BCUT2D eigenvalue weighted by Crippen LogP contribution is -2.41. The number of hydrogen-bond donors (Lipinski definition) is 3. The molecule has 0 radical (unpaired) electrons. The van der Waals surface area contributed by atoms with E-state index in [2.05, 4.69) is 31.4 Å². The van der Waals surface area contributed by atoms with Gasteiger partial charge >= 0.3 is 0 Å². The van der Waals surface area contributed by atoms with Crippen molar-refractivity contribution in [3.63, 3.8) is 0 Å². The number of nitrogens with two attached hydrogens (primary N) is 1. The van der Waals surface area contributed by atoms with Gasteiger partial charge in [0.05, 0.1) is 19.1 Å². The molecule has 4 N–H and O–H groups in total. The Morgan fingerprint density at radius 2 is 1.74 bits per heavy atom. The second-order valence-corrected chi connectivity index (χ2v) is 6.85. The van der Waals surface area contributed by atoms with E-state index in [1.165, 1.54) is 0 Å². The third kappa shape index (κ3) is 8.79. The van der Waals surface area contributed by atoms with Gasteiger partial charge in [-0.05, 0) is 29.5 Å². The molecule has 23 heavy (non-hydrogen) atoms. The second-order valence-electron chi connectivity index (χ2n) is 6.42. The first kappa shape index (κ1) is 21.7. The molecule has 0 fully saturated rings. The average molecular weight is 362 g/mol. The Morgan fingerprint density at radius 3 is 2.22 bits per heavy atom. The average Bonchev–Trinajstić information content (AvgIpc) is 2.43. The minimum atomic E-state index is -0.353. The topological polar surface area (TPSA) is 84.2 Å². The molecular formula is C16H25Cl2N3O2. The van der Waals surface area contributed by atoms with E-state index in [1.54, 1.807) is 12.1 Å². The first-order valence-electron chi connectivity index (χ1n) is 7.23. The Labute approximate surface area is 148 Å². The van der Waals surface area contributed by atoms with Gasteiger partial charge in [0, 0.05) is 5.02 Å². The highest BCUT2D eigenvalue weighted by molar-refractivity contribution is 6.30. The van der Waals surface area contributed by atoms with E-state index < -0.39 is 0 Å². The molecule has 0 aromatic heterocycles. The monoisotopic (exact) mass is 361 g/mol. The van der Waals surface area contributed by atoms with Crippen LogP contribution in [0, 0.1) is 5.41 Å². The fourth-order valence-electron chi connectivity index (χ4n) is 2.06. The standard InChI is InChI=1S/C16H24ClN3O2.ClH/c1-16(2,3)8-13(11-4-6-12(17)7-5-11)20-15(22)10-19-14(21)9-18;/h4-7,13H,8-10,18H2,1-3H3,(H,19,21)(H,20,22);1H. The van der Waals surface area contributed by atoms with E-state index in [4.69, 9.17) is 17.3 Å².